The first-order chi connectivity index (χ1) is 14.9. The standard InChI is InChI=1S/C24H26N4O3/c1-15-5-7-20(9-16(15)2)27-12-26(11-19-6-8-21-22(10-19)31-14-30-21)13-28-23(29)17(3)18(4)25-24(27)28/h5-10H,11-14H2,1-4H3. The van der Waals surface area contributed by atoms with Gasteiger partial charge < -0.3 is 9.47 Å². The third kappa shape index (κ3) is 3.45. The molecule has 1 aromatic heterocycles. The van der Waals surface area contributed by atoms with E-state index in [0.29, 0.717) is 31.4 Å². The Bertz CT molecular complexity index is 1230. The van der Waals surface area contributed by atoms with E-state index in [-0.39, 0.29) is 12.4 Å². The van der Waals surface area contributed by atoms with E-state index in [4.69, 9.17) is 14.5 Å². The molecule has 2 aliphatic rings. The van der Waals surface area contributed by atoms with Crippen LogP contribution in [0, 0.1) is 27.7 Å². The predicted octanol–water partition coefficient (Wildman–Crippen LogP) is 3.77. The van der Waals surface area contributed by atoms with Crippen molar-refractivity contribution in [2.24, 2.45) is 0 Å². The molecule has 5 rings (SSSR count). The van der Waals surface area contributed by atoms with Gasteiger partial charge >= 0.3 is 0 Å². The molecular formula is C24H26N4O3. The second-order valence-electron chi connectivity index (χ2n) is 8.35. The molecule has 3 aromatic rings. The van der Waals surface area contributed by atoms with Crippen molar-refractivity contribution in [3.8, 4) is 11.5 Å². The summed E-state index contributed by atoms with van der Waals surface area (Å²) in [6.45, 7) is 10.0. The second-order valence-corrected chi connectivity index (χ2v) is 8.35. The number of hydrogen-bond donors (Lipinski definition) is 0. The number of anilines is 2. The Kier molecular flexibility index (Phi) is 4.70. The van der Waals surface area contributed by atoms with Crippen molar-refractivity contribution in [1.82, 2.24) is 14.5 Å². The highest BCUT2D eigenvalue weighted by Crippen LogP contribution is 2.34. The number of ether oxygens (including phenoxy) is 2. The van der Waals surface area contributed by atoms with Gasteiger partial charge in [0, 0.05) is 23.5 Å². The highest BCUT2D eigenvalue weighted by atomic mass is 16.7. The molecule has 0 radical (unpaired) electrons. The summed E-state index contributed by atoms with van der Waals surface area (Å²) < 4.78 is 12.7. The highest BCUT2D eigenvalue weighted by molar-refractivity contribution is 5.60. The Hall–Kier alpha value is -3.32. The minimum absolute atomic E-state index is 0.00622. The van der Waals surface area contributed by atoms with Crippen LogP contribution >= 0.6 is 0 Å². The Morgan fingerprint density at radius 2 is 1.74 bits per heavy atom. The van der Waals surface area contributed by atoms with Crippen LogP contribution in [0.1, 0.15) is 27.9 Å². The van der Waals surface area contributed by atoms with Crippen molar-refractivity contribution in [2.75, 3.05) is 18.4 Å². The fourth-order valence-corrected chi connectivity index (χ4v) is 4.07. The van der Waals surface area contributed by atoms with E-state index in [2.05, 4.69) is 41.8 Å². The number of benzene rings is 2. The van der Waals surface area contributed by atoms with Crippen LogP contribution in [0.15, 0.2) is 41.2 Å². The molecular weight excluding hydrogens is 392 g/mol. The highest BCUT2D eigenvalue weighted by Gasteiger charge is 2.28. The van der Waals surface area contributed by atoms with Gasteiger partial charge in [0.25, 0.3) is 5.56 Å². The summed E-state index contributed by atoms with van der Waals surface area (Å²) in [6.07, 6.45) is 0. The van der Waals surface area contributed by atoms with Gasteiger partial charge in [0.15, 0.2) is 11.5 Å². The molecule has 0 saturated carbocycles. The van der Waals surface area contributed by atoms with Crippen molar-refractivity contribution in [1.29, 1.82) is 0 Å². The summed E-state index contributed by atoms with van der Waals surface area (Å²) >= 11 is 0. The number of fused-ring (bicyclic) bond motifs is 2. The number of hydrogen-bond acceptors (Lipinski definition) is 6. The van der Waals surface area contributed by atoms with E-state index in [1.54, 1.807) is 4.57 Å². The maximum atomic E-state index is 13.1. The van der Waals surface area contributed by atoms with Gasteiger partial charge in [0.1, 0.15) is 0 Å². The van der Waals surface area contributed by atoms with Gasteiger partial charge in [-0.2, -0.15) is 0 Å². The molecule has 2 aliphatic heterocycles. The molecule has 0 saturated heterocycles. The third-order valence-electron chi connectivity index (χ3n) is 6.19. The Labute approximate surface area is 181 Å². The lowest BCUT2D eigenvalue weighted by Gasteiger charge is -2.38. The largest absolute Gasteiger partial charge is 0.454 e. The lowest BCUT2D eigenvalue weighted by atomic mass is 10.1. The first-order valence-corrected chi connectivity index (χ1v) is 10.4. The predicted molar refractivity (Wildman–Crippen MR) is 119 cm³/mol. The maximum Gasteiger partial charge on any atom is 0.259 e. The first kappa shape index (κ1) is 19.6. The smallest absolute Gasteiger partial charge is 0.259 e. The average Bonchev–Trinajstić information content (AvgIpc) is 3.22. The quantitative estimate of drug-likeness (QED) is 0.645. The Morgan fingerprint density at radius 3 is 2.55 bits per heavy atom. The van der Waals surface area contributed by atoms with Gasteiger partial charge in [-0.25, -0.2) is 4.98 Å². The first-order valence-electron chi connectivity index (χ1n) is 10.4. The second kappa shape index (κ2) is 7.42. The van der Waals surface area contributed by atoms with Crippen LogP contribution in [-0.2, 0) is 13.2 Å². The van der Waals surface area contributed by atoms with Crippen molar-refractivity contribution in [3.05, 3.63) is 74.7 Å². The molecule has 0 bridgehead atoms. The van der Waals surface area contributed by atoms with E-state index in [1.165, 1.54) is 11.1 Å². The number of aryl methyl sites for hydroxylation is 3. The van der Waals surface area contributed by atoms with E-state index in [9.17, 15) is 4.79 Å². The summed E-state index contributed by atoms with van der Waals surface area (Å²) in [6, 6.07) is 12.4. The molecule has 0 atom stereocenters. The van der Waals surface area contributed by atoms with Crippen LogP contribution < -0.4 is 19.9 Å². The molecule has 31 heavy (non-hydrogen) atoms. The Balaban J connectivity index is 1.54. The van der Waals surface area contributed by atoms with Gasteiger partial charge in [-0.3, -0.25) is 19.2 Å². The monoisotopic (exact) mass is 418 g/mol. The van der Waals surface area contributed by atoms with Crippen LogP contribution in [0.5, 0.6) is 11.5 Å². The maximum absolute atomic E-state index is 13.1. The lowest BCUT2D eigenvalue weighted by Crippen LogP contribution is -2.47. The third-order valence-corrected chi connectivity index (χ3v) is 6.19. The van der Waals surface area contributed by atoms with Crippen molar-refractivity contribution < 1.29 is 9.47 Å². The molecule has 0 spiro atoms. The molecule has 0 fully saturated rings. The summed E-state index contributed by atoms with van der Waals surface area (Å²) in [5.41, 5.74) is 6.06. The molecule has 160 valence electrons. The van der Waals surface area contributed by atoms with Crippen LogP contribution in [-0.4, -0.2) is 27.9 Å². The molecule has 7 nitrogen and oxygen atoms in total. The fraction of sp³-hybridized carbons (Fsp3) is 0.333. The van der Waals surface area contributed by atoms with E-state index >= 15 is 0 Å². The number of nitrogens with zero attached hydrogens (tertiary/aromatic N) is 4. The number of rotatable bonds is 3. The van der Waals surface area contributed by atoms with E-state index in [0.717, 1.165) is 28.4 Å². The molecule has 0 N–H and O–H groups in total. The zero-order valence-electron chi connectivity index (χ0n) is 18.3. The molecule has 0 unspecified atom stereocenters. The van der Waals surface area contributed by atoms with E-state index < -0.39 is 0 Å². The van der Waals surface area contributed by atoms with Crippen LogP contribution in [0.4, 0.5) is 11.6 Å². The zero-order chi connectivity index (χ0) is 21.7. The van der Waals surface area contributed by atoms with Crippen LogP contribution in [0.2, 0.25) is 0 Å². The molecule has 3 heterocycles. The van der Waals surface area contributed by atoms with Gasteiger partial charge in [-0.15, -0.1) is 0 Å². The van der Waals surface area contributed by atoms with Crippen LogP contribution in [0.3, 0.4) is 0 Å². The fourth-order valence-electron chi connectivity index (χ4n) is 4.07. The lowest BCUT2D eigenvalue weighted by molar-refractivity contribution is 0.173. The molecule has 0 aliphatic carbocycles. The summed E-state index contributed by atoms with van der Waals surface area (Å²) in [7, 11) is 0. The van der Waals surface area contributed by atoms with Gasteiger partial charge in [-0.1, -0.05) is 12.1 Å². The zero-order valence-corrected chi connectivity index (χ0v) is 18.3. The minimum atomic E-state index is 0.00622. The molecule has 0 amide bonds. The SMILES string of the molecule is Cc1ccc(N2CN(Cc3ccc4c(c3)OCO4)Cn3c2nc(C)c(C)c3=O)cc1C. The van der Waals surface area contributed by atoms with Crippen molar-refractivity contribution in [3.63, 3.8) is 0 Å². The van der Waals surface area contributed by atoms with Gasteiger partial charge in [0.05, 0.1) is 13.3 Å². The topological polar surface area (TPSA) is 59.8 Å². The minimum Gasteiger partial charge on any atom is -0.454 e. The van der Waals surface area contributed by atoms with E-state index in [1.807, 2.05) is 32.0 Å². The molecule has 7 heteroatoms. The Morgan fingerprint density at radius 1 is 0.935 bits per heavy atom. The van der Waals surface area contributed by atoms with Gasteiger partial charge in [0.2, 0.25) is 12.7 Å². The summed E-state index contributed by atoms with van der Waals surface area (Å²) in [5.74, 6) is 2.24. The normalized spacial score (nSPS) is 15.3. The van der Waals surface area contributed by atoms with Crippen LogP contribution in [0.25, 0.3) is 0 Å². The summed E-state index contributed by atoms with van der Waals surface area (Å²) in [5, 5.41) is 0. The summed E-state index contributed by atoms with van der Waals surface area (Å²) in [4.78, 5) is 22.3. The van der Waals surface area contributed by atoms with Crippen molar-refractivity contribution >= 4 is 11.6 Å². The molecule has 2 aromatic carbocycles. The van der Waals surface area contributed by atoms with Crippen molar-refractivity contribution in [2.45, 2.75) is 40.9 Å². The van der Waals surface area contributed by atoms with Gasteiger partial charge in [-0.05, 0) is 68.7 Å². The average molecular weight is 418 g/mol. The number of aromatic nitrogens is 2.